The summed E-state index contributed by atoms with van der Waals surface area (Å²) in [5.41, 5.74) is 0.919. The fourth-order valence-electron chi connectivity index (χ4n) is 3.32. The lowest BCUT2D eigenvalue weighted by atomic mass is 10.3. The Morgan fingerprint density at radius 2 is 1.86 bits per heavy atom. The lowest BCUT2D eigenvalue weighted by molar-refractivity contribution is -0.120. The van der Waals surface area contributed by atoms with E-state index in [0.717, 1.165) is 54.6 Å². The molecule has 4 rings (SSSR count). The van der Waals surface area contributed by atoms with Crippen LogP contribution < -0.4 is 9.64 Å². The highest BCUT2D eigenvalue weighted by Crippen LogP contribution is 2.29. The Hall–Kier alpha value is -2.48. The topological polar surface area (TPSA) is 54.9 Å². The maximum Gasteiger partial charge on any atom is 0.266 e. The molecular weight excluding hydrogens is 386 g/mol. The number of benzene rings is 2. The summed E-state index contributed by atoms with van der Waals surface area (Å²) >= 11 is 1.55. The number of hydrogen-bond donors (Lipinski definition) is 0. The van der Waals surface area contributed by atoms with Gasteiger partial charge in [0.15, 0.2) is 11.7 Å². The van der Waals surface area contributed by atoms with Crippen LogP contribution in [-0.4, -0.2) is 61.8 Å². The van der Waals surface area contributed by atoms with E-state index in [0.29, 0.717) is 12.3 Å². The molecule has 152 valence electrons. The Bertz CT molecular complexity index is 892. The van der Waals surface area contributed by atoms with Crippen molar-refractivity contribution in [2.45, 2.75) is 6.42 Å². The molecule has 0 unspecified atom stereocenters. The summed E-state index contributed by atoms with van der Waals surface area (Å²) in [4.78, 5) is 21.9. The number of fused-ring (bicyclic) bond motifs is 1. The van der Waals surface area contributed by atoms with E-state index in [1.807, 2.05) is 54.6 Å². The maximum absolute atomic E-state index is 13.0. The molecule has 2 heterocycles. The van der Waals surface area contributed by atoms with Gasteiger partial charge in [-0.1, -0.05) is 41.7 Å². The van der Waals surface area contributed by atoms with Gasteiger partial charge in [-0.3, -0.25) is 14.6 Å². The van der Waals surface area contributed by atoms with Crippen LogP contribution in [-0.2, 0) is 9.53 Å². The van der Waals surface area contributed by atoms with Gasteiger partial charge in [0.1, 0.15) is 5.75 Å². The first-order valence-corrected chi connectivity index (χ1v) is 10.7. The van der Waals surface area contributed by atoms with Gasteiger partial charge in [0.05, 0.1) is 23.4 Å². The van der Waals surface area contributed by atoms with Crippen LogP contribution in [0.25, 0.3) is 10.2 Å². The SMILES string of the molecule is O=C(COc1ccccc1)N(CCCN1CCOCC1)c1nc2ccccc2s1. The summed E-state index contributed by atoms with van der Waals surface area (Å²) in [5.74, 6) is 0.619. The van der Waals surface area contributed by atoms with Crippen molar-refractivity contribution in [1.82, 2.24) is 9.88 Å². The molecule has 1 aliphatic heterocycles. The summed E-state index contributed by atoms with van der Waals surface area (Å²) in [6, 6.07) is 17.4. The van der Waals surface area contributed by atoms with Crippen LogP contribution in [0.5, 0.6) is 5.75 Å². The van der Waals surface area contributed by atoms with E-state index >= 15 is 0 Å². The number of aromatic nitrogens is 1. The second-order valence-electron chi connectivity index (χ2n) is 6.92. The number of carbonyl (C=O) groups excluding carboxylic acids is 1. The van der Waals surface area contributed by atoms with E-state index in [1.54, 1.807) is 16.2 Å². The van der Waals surface area contributed by atoms with Crippen LogP contribution in [0.1, 0.15) is 6.42 Å². The molecule has 0 saturated carbocycles. The summed E-state index contributed by atoms with van der Waals surface area (Å²) in [7, 11) is 0. The summed E-state index contributed by atoms with van der Waals surface area (Å²) in [6.07, 6.45) is 0.882. The van der Waals surface area contributed by atoms with Crippen LogP contribution in [0.4, 0.5) is 5.13 Å². The predicted octanol–water partition coefficient (Wildman–Crippen LogP) is 3.43. The van der Waals surface area contributed by atoms with Crippen molar-refractivity contribution in [1.29, 1.82) is 0 Å². The van der Waals surface area contributed by atoms with Crippen LogP contribution in [0.2, 0.25) is 0 Å². The molecule has 0 radical (unpaired) electrons. The Balaban J connectivity index is 1.44. The van der Waals surface area contributed by atoms with Gasteiger partial charge in [-0.25, -0.2) is 4.98 Å². The Morgan fingerprint density at radius 1 is 1.10 bits per heavy atom. The predicted molar refractivity (Wildman–Crippen MR) is 116 cm³/mol. The molecule has 1 aliphatic rings. The molecule has 0 atom stereocenters. The number of hydrogen-bond acceptors (Lipinski definition) is 6. The van der Waals surface area contributed by atoms with Crippen molar-refractivity contribution in [2.24, 2.45) is 0 Å². The Morgan fingerprint density at radius 3 is 2.66 bits per heavy atom. The van der Waals surface area contributed by atoms with Crippen LogP contribution in [0, 0.1) is 0 Å². The lowest BCUT2D eigenvalue weighted by Crippen LogP contribution is -2.40. The second-order valence-corrected chi connectivity index (χ2v) is 7.93. The first kappa shape index (κ1) is 19.8. The number of ether oxygens (including phenoxy) is 2. The number of carbonyl (C=O) groups is 1. The molecule has 3 aromatic rings. The molecule has 29 heavy (non-hydrogen) atoms. The smallest absolute Gasteiger partial charge is 0.266 e. The summed E-state index contributed by atoms with van der Waals surface area (Å²) < 4.78 is 12.2. The Labute approximate surface area is 174 Å². The highest BCUT2D eigenvalue weighted by Gasteiger charge is 2.21. The van der Waals surface area contributed by atoms with Gasteiger partial charge in [0.2, 0.25) is 0 Å². The third kappa shape index (κ3) is 5.32. The standard InChI is InChI=1S/C22H25N3O3S/c26-21(17-28-18-7-2-1-3-8-18)25(12-6-11-24-13-15-27-16-14-24)22-23-19-9-4-5-10-20(19)29-22/h1-5,7-10H,6,11-17H2. The minimum Gasteiger partial charge on any atom is -0.484 e. The average molecular weight is 412 g/mol. The molecule has 6 nitrogen and oxygen atoms in total. The van der Waals surface area contributed by atoms with Crippen LogP contribution in [0.15, 0.2) is 54.6 Å². The normalized spacial score (nSPS) is 14.8. The molecule has 0 spiro atoms. The number of thiazole rings is 1. The van der Waals surface area contributed by atoms with E-state index in [1.165, 1.54) is 0 Å². The number of amides is 1. The van der Waals surface area contributed by atoms with Gasteiger partial charge in [-0.05, 0) is 30.7 Å². The van der Waals surface area contributed by atoms with E-state index in [9.17, 15) is 4.79 Å². The zero-order valence-corrected chi connectivity index (χ0v) is 17.1. The largest absolute Gasteiger partial charge is 0.484 e. The van der Waals surface area contributed by atoms with Gasteiger partial charge in [0.25, 0.3) is 5.91 Å². The molecule has 7 heteroatoms. The van der Waals surface area contributed by atoms with E-state index in [-0.39, 0.29) is 12.5 Å². The monoisotopic (exact) mass is 411 g/mol. The fourth-order valence-corrected chi connectivity index (χ4v) is 4.33. The number of morpholine rings is 1. The van der Waals surface area contributed by atoms with E-state index in [2.05, 4.69) is 9.88 Å². The van der Waals surface area contributed by atoms with Crippen molar-refractivity contribution < 1.29 is 14.3 Å². The number of nitrogens with zero attached hydrogens (tertiary/aromatic N) is 3. The third-order valence-corrected chi connectivity index (χ3v) is 5.94. The number of anilines is 1. The van der Waals surface area contributed by atoms with Gasteiger partial charge in [0, 0.05) is 26.2 Å². The third-order valence-electron chi connectivity index (χ3n) is 4.88. The van der Waals surface area contributed by atoms with Gasteiger partial charge < -0.3 is 9.47 Å². The van der Waals surface area contributed by atoms with E-state index in [4.69, 9.17) is 9.47 Å². The van der Waals surface area contributed by atoms with Crippen molar-refractivity contribution in [3.8, 4) is 5.75 Å². The lowest BCUT2D eigenvalue weighted by Gasteiger charge is -2.27. The van der Waals surface area contributed by atoms with E-state index < -0.39 is 0 Å². The quantitative estimate of drug-likeness (QED) is 0.568. The fraction of sp³-hybridized carbons (Fsp3) is 0.364. The van der Waals surface area contributed by atoms with Gasteiger partial charge in [-0.2, -0.15) is 0 Å². The average Bonchev–Trinajstić information content (AvgIpc) is 3.20. The molecule has 0 N–H and O–H groups in total. The van der Waals surface area contributed by atoms with Crippen molar-refractivity contribution in [3.63, 3.8) is 0 Å². The Kier molecular flexibility index (Phi) is 6.71. The van der Waals surface area contributed by atoms with Crippen molar-refractivity contribution in [2.75, 3.05) is 50.9 Å². The summed E-state index contributed by atoms with van der Waals surface area (Å²) in [6.45, 7) is 5.03. The number of para-hydroxylation sites is 2. The second kappa shape index (κ2) is 9.82. The molecule has 0 bridgehead atoms. The zero-order chi connectivity index (χ0) is 19.9. The van der Waals surface area contributed by atoms with Crippen molar-refractivity contribution >= 4 is 32.6 Å². The van der Waals surface area contributed by atoms with Crippen molar-refractivity contribution in [3.05, 3.63) is 54.6 Å². The molecule has 1 aromatic heterocycles. The first-order chi connectivity index (χ1) is 14.3. The molecule has 1 saturated heterocycles. The molecule has 2 aromatic carbocycles. The minimum atomic E-state index is -0.0742. The molecule has 0 aliphatic carbocycles. The van der Waals surface area contributed by atoms with Crippen LogP contribution >= 0.6 is 11.3 Å². The molecular formula is C22H25N3O3S. The first-order valence-electron chi connectivity index (χ1n) is 9.93. The summed E-state index contributed by atoms with van der Waals surface area (Å²) in [5, 5.41) is 0.731. The molecule has 1 amide bonds. The highest BCUT2D eigenvalue weighted by molar-refractivity contribution is 7.22. The van der Waals surface area contributed by atoms with Gasteiger partial charge >= 0.3 is 0 Å². The maximum atomic E-state index is 13.0. The minimum absolute atomic E-state index is 0.00249. The highest BCUT2D eigenvalue weighted by atomic mass is 32.1. The zero-order valence-electron chi connectivity index (χ0n) is 16.3. The molecule has 1 fully saturated rings. The van der Waals surface area contributed by atoms with Gasteiger partial charge in [-0.15, -0.1) is 0 Å². The number of rotatable bonds is 8. The van der Waals surface area contributed by atoms with Crippen LogP contribution in [0.3, 0.4) is 0 Å².